The van der Waals surface area contributed by atoms with E-state index in [4.69, 9.17) is 4.74 Å². The molecule has 2 aromatic rings. The van der Waals surface area contributed by atoms with E-state index in [9.17, 15) is 9.59 Å². The fraction of sp³-hybridized carbons (Fsp3) is 0.158. The zero-order valence-corrected chi connectivity index (χ0v) is 13.7. The molecule has 0 bridgehead atoms. The molecule has 0 unspecified atom stereocenters. The van der Waals surface area contributed by atoms with Crippen LogP contribution in [0.3, 0.4) is 0 Å². The van der Waals surface area contributed by atoms with Gasteiger partial charge in [-0.2, -0.15) is 0 Å². The quantitative estimate of drug-likeness (QED) is 0.803. The van der Waals surface area contributed by atoms with Crippen molar-refractivity contribution in [1.29, 1.82) is 0 Å². The van der Waals surface area contributed by atoms with Crippen molar-refractivity contribution < 1.29 is 14.3 Å². The number of amides is 2. The first-order valence-corrected chi connectivity index (χ1v) is 7.54. The number of rotatable bonds is 6. The van der Waals surface area contributed by atoms with Crippen molar-refractivity contribution in [2.75, 3.05) is 19.0 Å². The summed E-state index contributed by atoms with van der Waals surface area (Å²) in [5.41, 5.74) is 2.50. The van der Waals surface area contributed by atoms with Crippen LogP contribution < -0.4 is 15.4 Å². The number of aryl methyl sites for hydroxylation is 1. The lowest BCUT2D eigenvalue weighted by Gasteiger charge is -2.11. The monoisotopic (exact) mass is 324 g/mol. The van der Waals surface area contributed by atoms with Gasteiger partial charge >= 0.3 is 0 Å². The lowest BCUT2D eigenvalue weighted by molar-refractivity contribution is -0.121. The van der Waals surface area contributed by atoms with Crippen LogP contribution in [0.2, 0.25) is 0 Å². The summed E-state index contributed by atoms with van der Waals surface area (Å²) in [6.07, 6.45) is 3.09. The molecule has 2 rings (SSSR count). The SMILES string of the molecule is COc1ccc(C)cc1NC(=O)CNC(=O)/C=C/c1ccccc1. The molecule has 0 aromatic heterocycles. The van der Waals surface area contributed by atoms with Crippen molar-refractivity contribution in [3.63, 3.8) is 0 Å². The van der Waals surface area contributed by atoms with Crippen LogP contribution in [0.1, 0.15) is 11.1 Å². The van der Waals surface area contributed by atoms with Gasteiger partial charge in [0.05, 0.1) is 19.3 Å². The number of nitrogens with one attached hydrogen (secondary N) is 2. The fourth-order valence-corrected chi connectivity index (χ4v) is 2.08. The second kappa shape index (κ2) is 8.53. The molecular weight excluding hydrogens is 304 g/mol. The Hall–Kier alpha value is -3.08. The number of ether oxygens (including phenoxy) is 1. The average molecular weight is 324 g/mol. The first kappa shape index (κ1) is 17.3. The van der Waals surface area contributed by atoms with Crippen molar-refractivity contribution in [3.8, 4) is 5.75 Å². The lowest BCUT2D eigenvalue weighted by atomic mass is 10.2. The van der Waals surface area contributed by atoms with Crippen molar-refractivity contribution in [2.24, 2.45) is 0 Å². The number of hydrogen-bond acceptors (Lipinski definition) is 3. The molecule has 0 aliphatic heterocycles. The number of benzene rings is 2. The molecule has 2 N–H and O–H groups in total. The Morgan fingerprint density at radius 3 is 2.58 bits per heavy atom. The average Bonchev–Trinajstić information content (AvgIpc) is 2.59. The molecule has 0 fully saturated rings. The summed E-state index contributed by atoms with van der Waals surface area (Å²) >= 11 is 0. The van der Waals surface area contributed by atoms with Gasteiger partial charge in [-0.25, -0.2) is 0 Å². The molecule has 0 saturated carbocycles. The molecule has 2 amide bonds. The van der Waals surface area contributed by atoms with Crippen LogP contribution in [0, 0.1) is 6.92 Å². The first-order chi connectivity index (χ1) is 11.6. The Balaban J connectivity index is 1.86. The van der Waals surface area contributed by atoms with Crippen LogP contribution in [0.15, 0.2) is 54.6 Å². The molecule has 5 nitrogen and oxygen atoms in total. The Bertz CT molecular complexity index is 740. The zero-order chi connectivity index (χ0) is 17.4. The van der Waals surface area contributed by atoms with Gasteiger partial charge < -0.3 is 15.4 Å². The maximum absolute atomic E-state index is 12.0. The summed E-state index contributed by atoms with van der Waals surface area (Å²) in [7, 11) is 1.54. The lowest BCUT2D eigenvalue weighted by Crippen LogP contribution is -2.31. The van der Waals surface area contributed by atoms with Gasteiger partial charge in [-0.3, -0.25) is 9.59 Å². The van der Waals surface area contributed by atoms with Gasteiger partial charge in [-0.05, 0) is 36.3 Å². The summed E-state index contributed by atoms with van der Waals surface area (Å²) in [5, 5.41) is 5.28. The van der Waals surface area contributed by atoms with Gasteiger partial charge in [0.15, 0.2) is 0 Å². The predicted molar refractivity (Wildman–Crippen MR) is 94.8 cm³/mol. The first-order valence-electron chi connectivity index (χ1n) is 7.54. The molecule has 0 spiro atoms. The molecule has 0 atom stereocenters. The van der Waals surface area contributed by atoms with Crippen molar-refractivity contribution in [3.05, 3.63) is 65.7 Å². The highest BCUT2D eigenvalue weighted by Gasteiger charge is 2.08. The molecule has 24 heavy (non-hydrogen) atoms. The standard InChI is InChI=1S/C19H20N2O3/c1-14-8-10-17(24-2)16(12-14)21-19(23)13-20-18(22)11-9-15-6-4-3-5-7-15/h3-12H,13H2,1-2H3,(H,20,22)(H,21,23)/b11-9+. The Labute approximate surface area is 141 Å². The van der Waals surface area contributed by atoms with E-state index in [1.165, 1.54) is 13.2 Å². The van der Waals surface area contributed by atoms with Gasteiger partial charge in [0.2, 0.25) is 11.8 Å². The molecular formula is C19H20N2O3. The van der Waals surface area contributed by atoms with Crippen LogP contribution in [0.25, 0.3) is 6.08 Å². The normalized spacial score (nSPS) is 10.4. The van der Waals surface area contributed by atoms with Gasteiger partial charge in [-0.15, -0.1) is 0 Å². The molecule has 0 aliphatic rings. The van der Waals surface area contributed by atoms with Gasteiger partial charge in [0, 0.05) is 6.08 Å². The minimum absolute atomic E-state index is 0.116. The van der Waals surface area contributed by atoms with Crippen LogP contribution in [0.5, 0.6) is 5.75 Å². The molecule has 5 heteroatoms. The number of hydrogen-bond donors (Lipinski definition) is 2. The van der Waals surface area contributed by atoms with E-state index in [1.54, 1.807) is 12.1 Å². The van der Waals surface area contributed by atoms with Crippen molar-refractivity contribution in [1.82, 2.24) is 5.32 Å². The highest BCUT2D eigenvalue weighted by atomic mass is 16.5. The molecule has 0 aliphatic carbocycles. The van der Waals surface area contributed by atoms with Crippen LogP contribution in [0.4, 0.5) is 5.69 Å². The number of anilines is 1. The van der Waals surface area contributed by atoms with Crippen LogP contribution in [-0.4, -0.2) is 25.5 Å². The van der Waals surface area contributed by atoms with E-state index in [-0.39, 0.29) is 18.4 Å². The summed E-state index contributed by atoms with van der Waals surface area (Å²) in [4.78, 5) is 23.7. The number of carbonyl (C=O) groups is 2. The summed E-state index contributed by atoms with van der Waals surface area (Å²) in [6, 6.07) is 15.0. The molecule has 124 valence electrons. The second-order valence-electron chi connectivity index (χ2n) is 5.21. The largest absolute Gasteiger partial charge is 0.495 e. The van der Waals surface area contributed by atoms with E-state index in [0.717, 1.165) is 11.1 Å². The van der Waals surface area contributed by atoms with Crippen LogP contribution in [-0.2, 0) is 9.59 Å². The minimum atomic E-state index is -0.329. The smallest absolute Gasteiger partial charge is 0.244 e. The number of methoxy groups -OCH3 is 1. The minimum Gasteiger partial charge on any atom is -0.495 e. The molecule has 0 radical (unpaired) electrons. The van der Waals surface area contributed by atoms with Crippen LogP contribution >= 0.6 is 0 Å². The van der Waals surface area contributed by atoms with Gasteiger partial charge in [0.25, 0.3) is 0 Å². The van der Waals surface area contributed by atoms with Crippen molar-refractivity contribution in [2.45, 2.75) is 6.92 Å². The van der Waals surface area contributed by atoms with E-state index < -0.39 is 0 Å². The second-order valence-corrected chi connectivity index (χ2v) is 5.21. The van der Waals surface area contributed by atoms with E-state index in [1.807, 2.05) is 49.4 Å². The third-order valence-corrected chi connectivity index (χ3v) is 3.28. The fourth-order valence-electron chi connectivity index (χ4n) is 2.08. The molecule has 0 heterocycles. The molecule has 0 saturated heterocycles. The predicted octanol–water partition coefficient (Wildman–Crippen LogP) is 2.77. The Morgan fingerprint density at radius 2 is 1.88 bits per heavy atom. The topological polar surface area (TPSA) is 67.4 Å². The summed E-state index contributed by atoms with van der Waals surface area (Å²) in [6.45, 7) is 1.81. The Morgan fingerprint density at radius 1 is 1.12 bits per heavy atom. The zero-order valence-electron chi connectivity index (χ0n) is 13.7. The van der Waals surface area contributed by atoms with E-state index >= 15 is 0 Å². The summed E-state index contributed by atoms with van der Waals surface area (Å²) < 4.78 is 5.20. The van der Waals surface area contributed by atoms with Gasteiger partial charge in [0.1, 0.15) is 5.75 Å². The summed E-state index contributed by atoms with van der Waals surface area (Å²) in [5.74, 6) is -0.0742. The van der Waals surface area contributed by atoms with E-state index in [0.29, 0.717) is 11.4 Å². The number of carbonyl (C=O) groups excluding carboxylic acids is 2. The van der Waals surface area contributed by atoms with E-state index in [2.05, 4.69) is 10.6 Å². The maximum atomic E-state index is 12.0. The highest BCUT2D eigenvalue weighted by molar-refractivity contribution is 5.98. The van der Waals surface area contributed by atoms with Crippen molar-refractivity contribution >= 4 is 23.6 Å². The molecule has 2 aromatic carbocycles. The highest BCUT2D eigenvalue weighted by Crippen LogP contribution is 2.24. The maximum Gasteiger partial charge on any atom is 0.244 e. The van der Waals surface area contributed by atoms with Gasteiger partial charge in [-0.1, -0.05) is 36.4 Å². The Kier molecular flexibility index (Phi) is 6.14. The third kappa shape index (κ3) is 5.28. The third-order valence-electron chi connectivity index (χ3n) is 3.28.